The van der Waals surface area contributed by atoms with Crippen LogP contribution in [0.25, 0.3) is 22.5 Å². The van der Waals surface area contributed by atoms with E-state index in [4.69, 9.17) is 19.8 Å². The molecule has 0 atom stereocenters. The maximum atomic E-state index is 13.2. The van der Waals surface area contributed by atoms with E-state index >= 15 is 0 Å². The van der Waals surface area contributed by atoms with Gasteiger partial charge in [0.15, 0.2) is 11.5 Å². The molecule has 0 aliphatic heterocycles. The van der Waals surface area contributed by atoms with E-state index in [1.54, 1.807) is 34.6 Å². The van der Waals surface area contributed by atoms with Gasteiger partial charge in [0, 0.05) is 12.0 Å². The minimum Gasteiger partial charge on any atom is -0.427 e. The summed E-state index contributed by atoms with van der Waals surface area (Å²) in [6.07, 6.45) is 3.19. The lowest BCUT2D eigenvalue weighted by molar-refractivity contribution is -0.161. The second-order valence-corrected chi connectivity index (χ2v) is 16.3. The number of nitrogens with zero attached hydrogens (tertiary/aromatic N) is 5. The monoisotopic (exact) mass is 802 g/mol. The zero-order valence-corrected chi connectivity index (χ0v) is 34.8. The fraction of sp³-hybridized carbons (Fsp3) is 0.265. The Morgan fingerprint density at radius 1 is 0.717 bits per heavy atom. The van der Waals surface area contributed by atoms with Crippen LogP contribution in [-0.2, 0) is 38.2 Å². The van der Waals surface area contributed by atoms with Gasteiger partial charge in [0.25, 0.3) is 0 Å². The standard InChI is InChI=1S/C49H50N6O5/c1-7-19-37-33(30-41-43(51-31-50-41)45(56)59-32-60-46(57)47(2,3)4)28-29-39(42(37)48(5,6)58)38-26-17-18-27-40(38)44-52-53-54-55(44)49(34-20-11-8-12-21-34,35-22-13-9-14-23-35)36-24-15-10-16-25-36/h8-18,20-29,31,58H,7,19,30,32H2,1-6H3,(H,50,51). The summed E-state index contributed by atoms with van der Waals surface area (Å²) in [6, 6.07) is 42.9. The lowest BCUT2D eigenvalue weighted by atomic mass is 9.76. The SMILES string of the molecule is CCCc1c(Cc2[nH]cnc2C(=O)OCOC(=O)C(C)(C)C)ccc(-c2ccccc2-c2nnnn2C(c2ccccc2)(c2ccccc2)c2ccccc2)c1C(C)(C)O. The van der Waals surface area contributed by atoms with E-state index < -0.39 is 35.3 Å². The number of benzene rings is 5. The third-order valence-corrected chi connectivity index (χ3v) is 10.6. The van der Waals surface area contributed by atoms with Crippen LogP contribution in [-0.4, -0.2) is 54.0 Å². The van der Waals surface area contributed by atoms with Crippen LogP contribution in [0.3, 0.4) is 0 Å². The molecule has 7 rings (SSSR count). The summed E-state index contributed by atoms with van der Waals surface area (Å²) >= 11 is 0. The molecule has 0 aliphatic rings. The Balaban J connectivity index is 1.36. The molecule has 0 unspecified atom stereocenters. The van der Waals surface area contributed by atoms with Gasteiger partial charge < -0.3 is 19.6 Å². The highest BCUT2D eigenvalue weighted by atomic mass is 16.7. The van der Waals surface area contributed by atoms with Crippen molar-refractivity contribution in [3.05, 3.63) is 178 Å². The highest BCUT2D eigenvalue weighted by Crippen LogP contribution is 2.45. The summed E-state index contributed by atoms with van der Waals surface area (Å²) in [7, 11) is 0. The van der Waals surface area contributed by atoms with Crippen molar-refractivity contribution in [1.29, 1.82) is 0 Å². The third kappa shape index (κ3) is 8.13. The molecule has 11 heteroatoms. The van der Waals surface area contributed by atoms with Crippen molar-refractivity contribution < 1.29 is 24.2 Å². The number of aromatic amines is 1. The Morgan fingerprint density at radius 2 is 1.28 bits per heavy atom. The van der Waals surface area contributed by atoms with Crippen LogP contribution < -0.4 is 0 Å². The molecule has 0 saturated carbocycles. The maximum absolute atomic E-state index is 13.2. The van der Waals surface area contributed by atoms with Crippen LogP contribution in [0.15, 0.2) is 134 Å². The van der Waals surface area contributed by atoms with Crippen molar-refractivity contribution in [3.63, 3.8) is 0 Å². The first-order chi connectivity index (χ1) is 28.9. The summed E-state index contributed by atoms with van der Waals surface area (Å²) in [6.45, 7) is 10.3. The number of aliphatic hydroxyl groups is 1. The summed E-state index contributed by atoms with van der Waals surface area (Å²) in [5, 5.41) is 26.0. The Hall–Kier alpha value is -6.72. The first-order valence-electron chi connectivity index (χ1n) is 20.1. The number of imidazole rings is 1. The molecule has 7 aromatic rings. The van der Waals surface area contributed by atoms with Gasteiger partial charge in [-0.1, -0.05) is 141 Å². The van der Waals surface area contributed by atoms with Gasteiger partial charge in [0.1, 0.15) is 5.54 Å². The van der Waals surface area contributed by atoms with Crippen LogP contribution in [0, 0.1) is 5.41 Å². The Morgan fingerprint density at radius 3 is 1.83 bits per heavy atom. The second-order valence-electron chi connectivity index (χ2n) is 16.3. The molecule has 0 saturated heterocycles. The normalized spacial score (nSPS) is 12.0. The third-order valence-electron chi connectivity index (χ3n) is 10.6. The number of rotatable bonds is 14. The Kier molecular flexibility index (Phi) is 11.9. The van der Waals surface area contributed by atoms with Crippen molar-refractivity contribution >= 4 is 11.9 Å². The van der Waals surface area contributed by atoms with Crippen LogP contribution >= 0.6 is 0 Å². The number of carbonyl (C=O) groups is 2. The van der Waals surface area contributed by atoms with Gasteiger partial charge in [0.05, 0.1) is 23.0 Å². The number of tetrazole rings is 1. The predicted molar refractivity (Wildman–Crippen MR) is 230 cm³/mol. The van der Waals surface area contributed by atoms with Gasteiger partial charge in [-0.25, -0.2) is 14.5 Å². The number of nitrogens with one attached hydrogen (secondary N) is 1. The van der Waals surface area contributed by atoms with Crippen LogP contribution in [0.5, 0.6) is 0 Å². The molecule has 0 bridgehead atoms. The summed E-state index contributed by atoms with van der Waals surface area (Å²) in [5.74, 6) is -0.658. The van der Waals surface area contributed by atoms with Crippen molar-refractivity contribution in [2.45, 2.75) is 71.9 Å². The van der Waals surface area contributed by atoms with Crippen LogP contribution in [0.4, 0.5) is 0 Å². The van der Waals surface area contributed by atoms with E-state index in [-0.39, 0.29) is 5.69 Å². The van der Waals surface area contributed by atoms with E-state index in [9.17, 15) is 14.7 Å². The smallest absolute Gasteiger partial charge is 0.361 e. The molecule has 2 N–H and O–H groups in total. The summed E-state index contributed by atoms with van der Waals surface area (Å²) in [5.41, 5.74) is 5.64. The summed E-state index contributed by atoms with van der Waals surface area (Å²) in [4.78, 5) is 32.8. The molecule has 60 heavy (non-hydrogen) atoms. The zero-order valence-electron chi connectivity index (χ0n) is 34.8. The van der Waals surface area contributed by atoms with E-state index in [1.165, 1.54) is 6.33 Å². The number of aromatic nitrogens is 6. The van der Waals surface area contributed by atoms with Gasteiger partial charge in [-0.3, -0.25) is 4.79 Å². The molecule has 0 radical (unpaired) electrons. The average Bonchev–Trinajstić information content (AvgIpc) is 3.93. The molecule has 2 heterocycles. The second kappa shape index (κ2) is 17.2. The molecule has 11 nitrogen and oxygen atoms in total. The molecule has 0 aliphatic carbocycles. The van der Waals surface area contributed by atoms with Crippen molar-refractivity contribution in [3.8, 4) is 22.5 Å². The number of ether oxygens (including phenoxy) is 2. The van der Waals surface area contributed by atoms with E-state index in [2.05, 4.69) is 58.5 Å². The van der Waals surface area contributed by atoms with Crippen molar-refractivity contribution in [2.24, 2.45) is 5.41 Å². The van der Waals surface area contributed by atoms with Crippen LogP contribution in [0.2, 0.25) is 0 Å². The molecule has 0 amide bonds. The van der Waals surface area contributed by atoms with Gasteiger partial charge in [-0.15, -0.1) is 5.10 Å². The van der Waals surface area contributed by atoms with Crippen molar-refractivity contribution in [1.82, 2.24) is 30.2 Å². The van der Waals surface area contributed by atoms with Gasteiger partial charge in [-0.2, -0.15) is 0 Å². The minimum atomic E-state index is -1.29. The quantitative estimate of drug-likeness (QED) is 0.0625. The molecule has 0 spiro atoms. The lowest BCUT2D eigenvalue weighted by Crippen LogP contribution is -2.39. The molecule has 306 valence electrons. The van der Waals surface area contributed by atoms with Crippen LogP contribution in [0.1, 0.15) is 97.5 Å². The first kappa shape index (κ1) is 41.4. The largest absolute Gasteiger partial charge is 0.427 e. The number of hydrogen-bond donors (Lipinski definition) is 2. The maximum Gasteiger partial charge on any atom is 0.361 e. The number of hydrogen-bond acceptors (Lipinski definition) is 9. The summed E-state index contributed by atoms with van der Waals surface area (Å²) < 4.78 is 12.4. The van der Waals surface area contributed by atoms with E-state index in [0.29, 0.717) is 24.4 Å². The fourth-order valence-electron chi connectivity index (χ4n) is 7.96. The molecule has 5 aromatic carbocycles. The molecule has 0 fully saturated rings. The lowest BCUT2D eigenvalue weighted by Gasteiger charge is -2.36. The highest BCUT2D eigenvalue weighted by molar-refractivity contribution is 5.89. The van der Waals surface area contributed by atoms with E-state index in [0.717, 1.165) is 56.5 Å². The molecule has 2 aromatic heterocycles. The Bertz CT molecular complexity index is 2470. The zero-order chi connectivity index (χ0) is 42.5. The van der Waals surface area contributed by atoms with Gasteiger partial charge in [-0.05, 0) is 96.0 Å². The Labute approximate surface area is 350 Å². The number of H-pyrrole nitrogens is 1. The molecular weight excluding hydrogens is 753 g/mol. The minimum absolute atomic E-state index is 0.0917. The van der Waals surface area contributed by atoms with Crippen molar-refractivity contribution in [2.75, 3.05) is 6.79 Å². The van der Waals surface area contributed by atoms with E-state index in [1.807, 2.05) is 95.7 Å². The predicted octanol–water partition coefficient (Wildman–Crippen LogP) is 9.04. The van der Waals surface area contributed by atoms with Gasteiger partial charge >= 0.3 is 11.9 Å². The first-order valence-corrected chi connectivity index (χ1v) is 20.1. The molecular formula is C49H50N6O5. The van der Waals surface area contributed by atoms with Gasteiger partial charge in [0.2, 0.25) is 6.79 Å². The fourth-order valence-corrected chi connectivity index (χ4v) is 7.96. The average molecular weight is 803 g/mol. The topological polar surface area (TPSA) is 145 Å². The highest BCUT2D eigenvalue weighted by Gasteiger charge is 2.42. The number of carbonyl (C=O) groups excluding carboxylic acids is 2. The number of esters is 2.